The highest BCUT2D eigenvalue weighted by Crippen LogP contribution is 2.36. The van der Waals surface area contributed by atoms with E-state index in [2.05, 4.69) is 18.3 Å². The molecule has 1 fully saturated rings. The Bertz CT molecular complexity index is 214. The van der Waals surface area contributed by atoms with Gasteiger partial charge >= 0.3 is 0 Å². The monoisotopic (exact) mass is 196 g/mol. The predicted molar refractivity (Wildman–Crippen MR) is 57.3 cm³/mol. The largest absolute Gasteiger partial charge is 0.376 e. The van der Waals surface area contributed by atoms with Crippen molar-refractivity contribution in [1.29, 1.82) is 0 Å². The van der Waals surface area contributed by atoms with Crippen molar-refractivity contribution in [1.82, 2.24) is 5.43 Å². The number of nitrogens with two attached hydrogens (primary N) is 1. The summed E-state index contributed by atoms with van der Waals surface area (Å²) in [7, 11) is 1.72. The maximum Gasteiger partial charge on any atom is 0.110 e. The predicted octanol–water partition coefficient (Wildman–Crippen LogP) is 1.05. The minimum atomic E-state index is -0.254. The van der Waals surface area contributed by atoms with E-state index in [9.17, 15) is 0 Å². The van der Waals surface area contributed by atoms with Crippen molar-refractivity contribution in [3.05, 3.63) is 0 Å². The van der Waals surface area contributed by atoms with Gasteiger partial charge in [-0.15, -0.1) is 6.42 Å². The third kappa shape index (κ3) is 2.09. The van der Waals surface area contributed by atoms with Crippen molar-refractivity contribution < 1.29 is 4.74 Å². The molecule has 3 nitrogen and oxygen atoms in total. The molecular weight excluding hydrogens is 176 g/mol. The van der Waals surface area contributed by atoms with Gasteiger partial charge in [0.25, 0.3) is 0 Å². The summed E-state index contributed by atoms with van der Waals surface area (Å²) in [4.78, 5) is 0. The molecule has 0 aromatic rings. The Hall–Kier alpha value is -0.560. The van der Waals surface area contributed by atoms with Crippen LogP contribution in [-0.2, 0) is 4.74 Å². The molecule has 1 saturated carbocycles. The van der Waals surface area contributed by atoms with E-state index in [1.54, 1.807) is 7.11 Å². The molecule has 1 aliphatic carbocycles. The third-order valence-corrected chi connectivity index (χ3v) is 3.39. The van der Waals surface area contributed by atoms with Crippen LogP contribution in [0.5, 0.6) is 0 Å². The number of rotatable bonds is 3. The highest BCUT2D eigenvalue weighted by atomic mass is 16.5. The van der Waals surface area contributed by atoms with Crippen LogP contribution in [0.15, 0.2) is 0 Å². The first-order valence-electron chi connectivity index (χ1n) is 5.16. The van der Waals surface area contributed by atoms with Crippen LogP contribution in [-0.4, -0.2) is 18.8 Å². The second-order valence-electron chi connectivity index (χ2n) is 4.22. The van der Waals surface area contributed by atoms with Crippen LogP contribution in [0.1, 0.15) is 32.6 Å². The standard InChI is InChI=1S/C11H20N2O/c1-4-10(13-12)11(14-3)7-5-9(2)6-8-11/h1,9-10,13H,5-8,12H2,2-3H3. The minimum absolute atomic E-state index is 0.181. The topological polar surface area (TPSA) is 47.3 Å². The van der Waals surface area contributed by atoms with E-state index in [0.29, 0.717) is 0 Å². The van der Waals surface area contributed by atoms with E-state index in [0.717, 1.165) is 31.6 Å². The molecule has 1 unspecified atom stereocenters. The van der Waals surface area contributed by atoms with Gasteiger partial charge in [0.15, 0.2) is 0 Å². The zero-order valence-electron chi connectivity index (χ0n) is 9.05. The lowest BCUT2D eigenvalue weighted by molar-refractivity contribution is -0.0615. The molecule has 0 aliphatic heterocycles. The summed E-state index contributed by atoms with van der Waals surface area (Å²) >= 11 is 0. The Morgan fingerprint density at radius 2 is 2.14 bits per heavy atom. The zero-order valence-corrected chi connectivity index (χ0v) is 9.05. The molecule has 0 heterocycles. The van der Waals surface area contributed by atoms with E-state index in [1.807, 2.05) is 0 Å². The fourth-order valence-corrected chi connectivity index (χ4v) is 2.21. The average Bonchev–Trinajstić information content (AvgIpc) is 2.23. The Labute approximate surface area is 86.4 Å². The lowest BCUT2D eigenvalue weighted by Crippen LogP contribution is -2.55. The quantitative estimate of drug-likeness (QED) is 0.403. The lowest BCUT2D eigenvalue weighted by Gasteiger charge is -2.41. The number of nitrogens with one attached hydrogen (secondary N) is 1. The Morgan fingerprint density at radius 1 is 1.57 bits per heavy atom. The smallest absolute Gasteiger partial charge is 0.110 e. The van der Waals surface area contributed by atoms with Gasteiger partial charge in [-0.2, -0.15) is 0 Å². The molecule has 1 atom stereocenters. The van der Waals surface area contributed by atoms with E-state index >= 15 is 0 Å². The zero-order chi connectivity index (χ0) is 10.6. The number of hydrazine groups is 1. The summed E-state index contributed by atoms with van der Waals surface area (Å²) < 4.78 is 5.59. The molecule has 0 bridgehead atoms. The Balaban J connectivity index is 2.72. The van der Waals surface area contributed by atoms with Crippen LogP contribution in [0.25, 0.3) is 0 Å². The number of hydrogen-bond acceptors (Lipinski definition) is 3. The van der Waals surface area contributed by atoms with Crippen molar-refractivity contribution in [3.63, 3.8) is 0 Å². The molecular formula is C11H20N2O. The minimum Gasteiger partial charge on any atom is -0.376 e. The molecule has 0 radical (unpaired) electrons. The van der Waals surface area contributed by atoms with Gasteiger partial charge in [-0.3, -0.25) is 5.84 Å². The Morgan fingerprint density at radius 3 is 2.50 bits per heavy atom. The van der Waals surface area contributed by atoms with Crippen LogP contribution >= 0.6 is 0 Å². The second kappa shape index (κ2) is 4.79. The molecule has 0 amide bonds. The summed E-state index contributed by atoms with van der Waals surface area (Å²) in [6, 6.07) is -0.181. The molecule has 3 heteroatoms. The molecule has 0 spiro atoms. The highest BCUT2D eigenvalue weighted by Gasteiger charge is 2.40. The molecule has 0 aromatic heterocycles. The normalized spacial score (nSPS) is 34.9. The van der Waals surface area contributed by atoms with Gasteiger partial charge in [0.05, 0.1) is 5.60 Å². The van der Waals surface area contributed by atoms with Crippen LogP contribution < -0.4 is 11.3 Å². The second-order valence-corrected chi connectivity index (χ2v) is 4.22. The van der Waals surface area contributed by atoms with E-state index in [-0.39, 0.29) is 11.6 Å². The summed E-state index contributed by atoms with van der Waals surface area (Å²) in [6.45, 7) is 2.26. The fraction of sp³-hybridized carbons (Fsp3) is 0.818. The van der Waals surface area contributed by atoms with Gasteiger partial charge in [0, 0.05) is 7.11 Å². The number of methoxy groups -OCH3 is 1. The van der Waals surface area contributed by atoms with Crippen LogP contribution in [0.4, 0.5) is 0 Å². The van der Waals surface area contributed by atoms with E-state index < -0.39 is 0 Å². The highest BCUT2D eigenvalue weighted by molar-refractivity contribution is 5.11. The van der Waals surface area contributed by atoms with Crippen molar-refractivity contribution in [2.45, 2.75) is 44.2 Å². The van der Waals surface area contributed by atoms with Crippen LogP contribution in [0, 0.1) is 18.3 Å². The first-order valence-corrected chi connectivity index (χ1v) is 5.16. The molecule has 1 rings (SSSR count). The third-order valence-electron chi connectivity index (χ3n) is 3.39. The first-order chi connectivity index (χ1) is 6.68. The molecule has 1 aliphatic rings. The number of hydrogen-bond donors (Lipinski definition) is 2. The summed E-state index contributed by atoms with van der Waals surface area (Å²) in [6.07, 6.45) is 9.74. The Kier molecular flexibility index (Phi) is 3.94. The maximum atomic E-state index is 5.59. The van der Waals surface area contributed by atoms with E-state index in [1.165, 1.54) is 0 Å². The van der Waals surface area contributed by atoms with Gasteiger partial charge in [-0.1, -0.05) is 12.8 Å². The summed E-state index contributed by atoms with van der Waals surface area (Å²) in [5, 5.41) is 0. The van der Waals surface area contributed by atoms with E-state index in [4.69, 9.17) is 17.0 Å². The van der Waals surface area contributed by atoms with Crippen molar-refractivity contribution in [2.75, 3.05) is 7.11 Å². The van der Waals surface area contributed by atoms with Gasteiger partial charge in [-0.25, -0.2) is 5.43 Å². The maximum absolute atomic E-state index is 5.59. The molecule has 0 saturated heterocycles. The average molecular weight is 196 g/mol. The molecule has 3 N–H and O–H groups in total. The van der Waals surface area contributed by atoms with Crippen LogP contribution in [0.2, 0.25) is 0 Å². The molecule has 14 heavy (non-hydrogen) atoms. The SMILES string of the molecule is C#CC(NN)C1(OC)CCC(C)CC1. The fourth-order valence-electron chi connectivity index (χ4n) is 2.21. The first kappa shape index (κ1) is 11.5. The van der Waals surface area contributed by atoms with Crippen molar-refractivity contribution >= 4 is 0 Å². The van der Waals surface area contributed by atoms with Gasteiger partial charge in [0.1, 0.15) is 6.04 Å². The van der Waals surface area contributed by atoms with Gasteiger partial charge < -0.3 is 4.74 Å². The van der Waals surface area contributed by atoms with Crippen molar-refractivity contribution in [2.24, 2.45) is 11.8 Å². The molecule has 80 valence electrons. The van der Waals surface area contributed by atoms with Gasteiger partial charge in [0.2, 0.25) is 0 Å². The van der Waals surface area contributed by atoms with Gasteiger partial charge in [-0.05, 0) is 31.6 Å². The molecule has 0 aromatic carbocycles. The van der Waals surface area contributed by atoms with Crippen molar-refractivity contribution in [3.8, 4) is 12.3 Å². The summed E-state index contributed by atoms with van der Waals surface area (Å²) in [5.74, 6) is 8.88. The lowest BCUT2D eigenvalue weighted by atomic mass is 9.75. The number of ether oxygens (including phenoxy) is 1. The number of terminal acetylenes is 1. The van der Waals surface area contributed by atoms with Crippen LogP contribution in [0.3, 0.4) is 0 Å². The summed E-state index contributed by atoms with van der Waals surface area (Å²) in [5.41, 5.74) is 2.41.